The number of carbonyl (C=O) groups excluding carboxylic acids is 1. The Hall–Kier alpha value is -2.37. The zero-order valence-electron chi connectivity index (χ0n) is 15.5. The Labute approximate surface area is 168 Å². The van der Waals surface area contributed by atoms with Gasteiger partial charge in [-0.1, -0.05) is 35.9 Å². The first kappa shape index (κ1) is 19.4. The first-order valence-electron chi connectivity index (χ1n) is 8.50. The second kappa shape index (κ2) is 8.11. The molecule has 0 atom stereocenters. The summed E-state index contributed by atoms with van der Waals surface area (Å²) in [5.41, 5.74) is 4.93. The standard InChI is InChI=1S/C21H20ClN3OS/c1-5-11-25-20(26)18(15(4)16-9-8-13(2)14(3)12-16)27-21(25)24-17-7-6-10-23-19(17)22/h5-10,12H,1,11H2,2-4H3/b18-15-,24-21?. The Morgan fingerprint density at radius 3 is 2.78 bits per heavy atom. The second-order valence-electron chi connectivity index (χ2n) is 6.27. The molecule has 0 bridgehead atoms. The van der Waals surface area contributed by atoms with Gasteiger partial charge in [0.1, 0.15) is 5.69 Å². The fourth-order valence-corrected chi connectivity index (χ4v) is 3.90. The minimum atomic E-state index is -0.0746. The lowest BCUT2D eigenvalue weighted by Gasteiger charge is -2.13. The van der Waals surface area contributed by atoms with Gasteiger partial charge in [0.25, 0.3) is 5.91 Å². The van der Waals surface area contributed by atoms with Gasteiger partial charge in [0.2, 0.25) is 0 Å². The van der Waals surface area contributed by atoms with E-state index < -0.39 is 0 Å². The summed E-state index contributed by atoms with van der Waals surface area (Å²) in [6.45, 7) is 10.3. The number of carbonyl (C=O) groups is 1. The number of thioether (sulfide) groups is 1. The summed E-state index contributed by atoms with van der Waals surface area (Å²) in [6, 6.07) is 9.77. The highest BCUT2D eigenvalue weighted by molar-refractivity contribution is 8.18. The number of halogens is 1. The number of allylic oxidation sites excluding steroid dienone is 1. The van der Waals surface area contributed by atoms with Crippen LogP contribution in [0.4, 0.5) is 5.69 Å². The molecule has 4 nitrogen and oxygen atoms in total. The molecule has 2 heterocycles. The van der Waals surface area contributed by atoms with Crippen molar-refractivity contribution in [2.45, 2.75) is 20.8 Å². The fraction of sp³-hybridized carbons (Fsp3) is 0.190. The summed E-state index contributed by atoms with van der Waals surface area (Å²) in [7, 11) is 0. The number of aryl methyl sites for hydroxylation is 2. The van der Waals surface area contributed by atoms with Crippen LogP contribution in [0.25, 0.3) is 5.57 Å². The van der Waals surface area contributed by atoms with Gasteiger partial charge in [0, 0.05) is 12.7 Å². The van der Waals surface area contributed by atoms with Crippen LogP contribution < -0.4 is 0 Å². The Kier molecular flexibility index (Phi) is 5.82. The topological polar surface area (TPSA) is 45.6 Å². The highest BCUT2D eigenvalue weighted by Gasteiger charge is 2.34. The summed E-state index contributed by atoms with van der Waals surface area (Å²) >= 11 is 7.48. The van der Waals surface area contributed by atoms with Crippen molar-refractivity contribution in [3.8, 4) is 0 Å². The van der Waals surface area contributed by atoms with Crippen molar-refractivity contribution in [2.24, 2.45) is 4.99 Å². The summed E-state index contributed by atoms with van der Waals surface area (Å²) in [5.74, 6) is -0.0746. The lowest BCUT2D eigenvalue weighted by atomic mass is 10.0. The van der Waals surface area contributed by atoms with E-state index in [-0.39, 0.29) is 5.91 Å². The molecular weight excluding hydrogens is 378 g/mol. The molecule has 1 aromatic heterocycles. The van der Waals surface area contributed by atoms with E-state index in [2.05, 4.69) is 42.5 Å². The molecule has 1 amide bonds. The third-order valence-corrected chi connectivity index (χ3v) is 5.88. The van der Waals surface area contributed by atoms with Crippen LogP contribution in [0.1, 0.15) is 23.6 Å². The molecule has 6 heteroatoms. The van der Waals surface area contributed by atoms with E-state index in [0.717, 1.165) is 11.1 Å². The van der Waals surface area contributed by atoms with Gasteiger partial charge in [0.05, 0.1) is 4.91 Å². The first-order chi connectivity index (χ1) is 12.9. The number of amides is 1. The van der Waals surface area contributed by atoms with Crippen molar-refractivity contribution in [3.63, 3.8) is 0 Å². The van der Waals surface area contributed by atoms with E-state index in [1.165, 1.54) is 22.9 Å². The maximum atomic E-state index is 13.0. The minimum absolute atomic E-state index is 0.0746. The SMILES string of the molecule is C=CCN1C(=O)/C(=C(\C)c2ccc(C)c(C)c2)SC1=Nc1cccnc1Cl. The Morgan fingerprint density at radius 1 is 1.33 bits per heavy atom. The number of hydrogen-bond acceptors (Lipinski definition) is 4. The van der Waals surface area contributed by atoms with Crippen molar-refractivity contribution in [1.82, 2.24) is 9.88 Å². The molecule has 1 aromatic carbocycles. The van der Waals surface area contributed by atoms with E-state index >= 15 is 0 Å². The van der Waals surface area contributed by atoms with Crippen LogP contribution in [0.5, 0.6) is 0 Å². The number of amidine groups is 1. The van der Waals surface area contributed by atoms with Gasteiger partial charge in [-0.05, 0) is 66.9 Å². The smallest absolute Gasteiger partial charge is 0.267 e. The lowest BCUT2D eigenvalue weighted by molar-refractivity contribution is -0.121. The van der Waals surface area contributed by atoms with Crippen molar-refractivity contribution >= 4 is 45.7 Å². The van der Waals surface area contributed by atoms with E-state index in [1.807, 2.05) is 13.0 Å². The molecule has 1 aliphatic rings. The number of nitrogens with zero attached hydrogens (tertiary/aromatic N) is 3. The Morgan fingerprint density at radius 2 is 2.11 bits per heavy atom. The summed E-state index contributed by atoms with van der Waals surface area (Å²) < 4.78 is 0. The molecule has 138 valence electrons. The summed E-state index contributed by atoms with van der Waals surface area (Å²) in [6.07, 6.45) is 3.29. The maximum Gasteiger partial charge on any atom is 0.267 e. The number of aromatic nitrogens is 1. The molecule has 0 aliphatic carbocycles. The zero-order chi connectivity index (χ0) is 19.6. The van der Waals surface area contributed by atoms with Gasteiger partial charge in [-0.25, -0.2) is 9.98 Å². The van der Waals surface area contributed by atoms with E-state index in [1.54, 1.807) is 29.3 Å². The molecule has 0 N–H and O–H groups in total. The van der Waals surface area contributed by atoms with Crippen LogP contribution in [0.15, 0.2) is 59.1 Å². The second-order valence-corrected chi connectivity index (χ2v) is 7.60. The molecule has 0 radical (unpaired) electrons. The van der Waals surface area contributed by atoms with Crippen LogP contribution in [0.3, 0.4) is 0 Å². The molecule has 27 heavy (non-hydrogen) atoms. The third-order valence-electron chi connectivity index (χ3n) is 4.41. The van der Waals surface area contributed by atoms with Crippen molar-refractivity contribution in [2.75, 3.05) is 6.54 Å². The largest absolute Gasteiger partial charge is 0.283 e. The van der Waals surface area contributed by atoms with Crippen LogP contribution in [-0.2, 0) is 4.79 Å². The lowest BCUT2D eigenvalue weighted by Crippen LogP contribution is -2.29. The van der Waals surface area contributed by atoms with Crippen molar-refractivity contribution in [1.29, 1.82) is 0 Å². The quantitative estimate of drug-likeness (QED) is 0.387. The van der Waals surface area contributed by atoms with Crippen molar-refractivity contribution < 1.29 is 4.79 Å². The highest BCUT2D eigenvalue weighted by Crippen LogP contribution is 2.38. The fourth-order valence-electron chi connectivity index (χ4n) is 2.68. The van der Waals surface area contributed by atoms with Crippen molar-refractivity contribution in [3.05, 3.63) is 75.9 Å². The monoisotopic (exact) mass is 397 g/mol. The molecule has 1 aliphatic heterocycles. The number of benzene rings is 1. The van der Waals surface area contributed by atoms with Gasteiger partial charge in [-0.15, -0.1) is 6.58 Å². The Balaban J connectivity index is 2.05. The predicted molar refractivity (Wildman–Crippen MR) is 114 cm³/mol. The maximum absolute atomic E-state index is 13.0. The number of pyridine rings is 1. The van der Waals surface area contributed by atoms with Gasteiger partial charge < -0.3 is 0 Å². The molecular formula is C21H20ClN3OS. The zero-order valence-corrected chi connectivity index (χ0v) is 17.1. The number of aliphatic imine (C=N–C) groups is 1. The van der Waals surface area contributed by atoms with Crippen LogP contribution >= 0.6 is 23.4 Å². The predicted octanol–water partition coefficient (Wildman–Crippen LogP) is 5.53. The van der Waals surface area contributed by atoms with Crippen LogP contribution in [-0.4, -0.2) is 27.5 Å². The molecule has 2 aromatic rings. The average Bonchev–Trinajstić information content (AvgIpc) is 2.95. The van der Waals surface area contributed by atoms with Gasteiger partial charge in [0.15, 0.2) is 10.3 Å². The molecule has 0 saturated carbocycles. The minimum Gasteiger partial charge on any atom is -0.283 e. The number of hydrogen-bond donors (Lipinski definition) is 0. The molecule has 0 spiro atoms. The third kappa shape index (κ3) is 3.99. The van der Waals surface area contributed by atoms with Crippen LogP contribution in [0.2, 0.25) is 5.15 Å². The molecule has 0 unspecified atom stereocenters. The van der Waals surface area contributed by atoms with Gasteiger partial charge >= 0.3 is 0 Å². The van der Waals surface area contributed by atoms with E-state index in [4.69, 9.17) is 11.6 Å². The van der Waals surface area contributed by atoms with Gasteiger partial charge in [-0.3, -0.25) is 9.69 Å². The van der Waals surface area contributed by atoms with Gasteiger partial charge in [-0.2, -0.15) is 0 Å². The number of rotatable bonds is 4. The molecule has 1 saturated heterocycles. The highest BCUT2D eigenvalue weighted by atomic mass is 35.5. The normalized spacial score (nSPS) is 17.6. The van der Waals surface area contributed by atoms with E-state index in [9.17, 15) is 4.79 Å². The molecule has 1 fully saturated rings. The van der Waals surface area contributed by atoms with E-state index in [0.29, 0.717) is 27.5 Å². The molecule has 3 rings (SSSR count). The summed E-state index contributed by atoms with van der Waals surface area (Å²) in [4.78, 5) is 23.9. The first-order valence-corrected chi connectivity index (χ1v) is 9.70. The van der Waals surface area contributed by atoms with Crippen LogP contribution in [0, 0.1) is 13.8 Å². The summed E-state index contributed by atoms with van der Waals surface area (Å²) in [5, 5.41) is 0.882. The Bertz CT molecular complexity index is 981. The average molecular weight is 398 g/mol.